The SMILES string of the molecule is O=c1ccc2ccc(OCCCCN3CCN(c4ccc(F)cc4Cl)CC3)nc2[nH]1. The second kappa shape index (κ2) is 9.45. The van der Waals surface area contributed by atoms with Gasteiger partial charge < -0.3 is 14.6 Å². The molecule has 158 valence electrons. The first-order valence-electron chi connectivity index (χ1n) is 10.1. The monoisotopic (exact) mass is 430 g/mol. The number of rotatable bonds is 7. The normalized spacial score (nSPS) is 14.9. The van der Waals surface area contributed by atoms with Crippen molar-refractivity contribution >= 4 is 28.3 Å². The van der Waals surface area contributed by atoms with Gasteiger partial charge in [0.2, 0.25) is 11.4 Å². The molecule has 3 heterocycles. The van der Waals surface area contributed by atoms with E-state index in [1.807, 2.05) is 12.1 Å². The van der Waals surface area contributed by atoms with Crippen molar-refractivity contribution in [3.8, 4) is 5.88 Å². The van der Waals surface area contributed by atoms with E-state index in [1.165, 1.54) is 18.2 Å². The van der Waals surface area contributed by atoms with Crippen LogP contribution in [0.4, 0.5) is 10.1 Å². The van der Waals surface area contributed by atoms with Gasteiger partial charge in [0.1, 0.15) is 11.5 Å². The average Bonchev–Trinajstić information content (AvgIpc) is 2.74. The second-order valence-corrected chi connectivity index (χ2v) is 7.80. The number of aromatic nitrogens is 2. The van der Waals surface area contributed by atoms with Crippen LogP contribution in [0.5, 0.6) is 5.88 Å². The second-order valence-electron chi connectivity index (χ2n) is 7.39. The molecule has 6 nitrogen and oxygen atoms in total. The Bertz CT molecular complexity index is 1070. The van der Waals surface area contributed by atoms with Crippen LogP contribution in [0.15, 0.2) is 47.3 Å². The molecule has 1 aromatic carbocycles. The number of halogens is 2. The molecule has 30 heavy (non-hydrogen) atoms. The van der Waals surface area contributed by atoms with Crippen molar-refractivity contribution in [2.45, 2.75) is 12.8 Å². The van der Waals surface area contributed by atoms with Gasteiger partial charge in [-0.25, -0.2) is 4.39 Å². The van der Waals surface area contributed by atoms with Gasteiger partial charge in [0.25, 0.3) is 0 Å². The minimum atomic E-state index is -0.309. The van der Waals surface area contributed by atoms with Gasteiger partial charge in [-0.1, -0.05) is 11.6 Å². The van der Waals surface area contributed by atoms with Gasteiger partial charge in [-0.2, -0.15) is 4.98 Å². The molecule has 0 unspecified atom stereocenters. The Balaban J connectivity index is 1.17. The number of pyridine rings is 2. The fourth-order valence-electron chi connectivity index (χ4n) is 3.66. The number of hydrogen-bond donors (Lipinski definition) is 1. The van der Waals surface area contributed by atoms with Crippen LogP contribution < -0.4 is 15.2 Å². The van der Waals surface area contributed by atoms with Crippen LogP contribution in [0.1, 0.15) is 12.8 Å². The third-order valence-electron chi connectivity index (χ3n) is 5.30. The third-order valence-corrected chi connectivity index (χ3v) is 5.60. The number of fused-ring (bicyclic) bond motifs is 1. The van der Waals surface area contributed by atoms with E-state index in [4.69, 9.17) is 16.3 Å². The summed E-state index contributed by atoms with van der Waals surface area (Å²) in [6, 6.07) is 11.5. The summed E-state index contributed by atoms with van der Waals surface area (Å²) in [5.41, 5.74) is 1.27. The molecule has 1 N–H and O–H groups in total. The van der Waals surface area contributed by atoms with Gasteiger partial charge in [0, 0.05) is 43.7 Å². The van der Waals surface area contributed by atoms with Crippen LogP contribution >= 0.6 is 11.6 Å². The molecular formula is C22H24ClFN4O2. The molecule has 1 saturated heterocycles. The lowest BCUT2D eigenvalue weighted by Gasteiger charge is -2.36. The number of piperazine rings is 1. The maximum Gasteiger partial charge on any atom is 0.249 e. The highest BCUT2D eigenvalue weighted by molar-refractivity contribution is 6.33. The van der Waals surface area contributed by atoms with Crippen molar-refractivity contribution in [2.75, 3.05) is 44.2 Å². The van der Waals surface area contributed by atoms with Crippen LogP contribution in [0.25, 0.3) is 11.0 Å². The molecule has 1 fully saturated rings. The zero-order valence-corrected chi connectivity index (χ0v) is 17.4. The molecular weight excluding hydrogens is 407 g/mol. The van der Waals surface area contributed by atoms with E-state index in [0.29, 0.717) is 23.2 Å². The number of nitrogens with zero attached hydrogens (tertiary/aromatic N) is 3. The maximum atomic E-state index is 13.2. The van der Waals surface area contributed by atoms with Gasteiger partial charge in [-0.3, -0.25) is 9.69 Å². The molecule has 4 rings (SSSR count). The first-order chi connectivity index (χ1) is 14.6. The van der Waals surface area contributed by atoms with Gasteiger partial charge >= 0.3 is 0 Å². The number of unbranched alkanes of at least 4 members (excludes halogenated alkanes) is 1. The number of aromatic amines is 1. The first kappa shape index (κ1) is 20.6. The zero-order valence-electron chi connectivity index (χ0n) is 16.6. The third kappa shape index (κ3) is 5.09. The van der Waals surface area contributed by atoms with E-state index >= 15 is 0 Å². The van der Waals surface area contributed by atoms with E-state index in [9.17, 15) is 9.18 Å². The van der Waals surface area contributed by atoms with Crippen molar-refractivity contribution in [1.29, 1.82) is 0 Å². The molecule has 1 aliphatic heterocycles. The quantitative estimate of drug-likeness (QED) is 0.579. The van der Waals surface area contributed by atoms with Crippen LogP contribution in [0.2, 0.25) is 5.02 Å². The molecule has 2 aromatic heterocycles. The molecule has 0 bridgehead atoms. The number of anilines is 1. The molecule has 0 aliphatic carbocycles. The Morgan fingerprint density at radius 2 is 1.87 bits per heavy atom. The number of ether oxygens (including phenoxy) is 1. The molecule has 0 spiro atoms. The van der Waals surface area contributed by atoms with E-state index in [1.54, 1.807) is 12.1 Å². The zero-order chi connectivity index (χ0) is 20.9. The highest BCUT2D eigenvalue weighted by atomic mass is 35.5. The molecule has 0 radical (unpaired) electrons. The van der Waals surface area contributed by atoms with Crippen molar-refractivity contribution in [1.82, 2.24) is 14.9 Å². The van der Waals surface area contributed by atoms with Gasteiger partial charge in [0.15, 0.2) is 0 Å². The molecule has 3 aromatic rings. The number of hydrogen-bond acceptors (Lipinski definition) is 5. The summed E-state index contributed by atoms with van der Waals surface area (Å²) in [7, 11) is 0. The summed E-state index contributed by atoms with van der Waals surface area (Å²) in [5.74, 6) is 0.214. The number of benzene rings is 1. The first-order valence-corrected chi connectivity index (χ1v) is 10.5. The largest absolute Gasteiger partial charge is 0.478 e. The summed E-state index contributed by atoms with van der Waals surface area (Å²) < 4.78 is 19.0. The highest BCUT2D eigenvalue weighted by Crippen LogP contribution is 2.27. The lowest BCUT2D eigenvalue weighted by atomic mass is 10.2. The Morgan fingerprint density at radius 3 is 2.67 bits per heavy atom. The Labute approximate surface area is 179 Å². The summed E-state index contributed by atoms with van der Waals surface area (Å²) >= 11 is 6.18. The lowest BCUT2D eigenvalue weighted by Crippen LogP contribution is -2.46. The van der Waals surface area contributed by atoms with Crippen LogP contribution in [0.3, 0.4) is 0 Å². The topological polar surface area (TPSA) is 61.5 Å². The van der Waals surface area contributed by atoms with E-state index in [2.05, 4.69) is 19.8 Å². The van der Waals surface area contributed by atoms with Crippen molar-refractivity contribution in [3.63, 3.8) is 0 Å². The average molecular weight is 431 g/mol. The summed E-state index contributed by atoms with van der Waals surface area (Å²) in [4.78, 5) is 23.1. The molecule has 1 aliphatic rings. The predicted octanol–water partition coefficient (Wildman–Crippen LogP) is 3.70. The van der Waals surface area contributed by atoms with E-state index in [-0.39, 0.29) is 11.4 Å². The minimum Gasteiger partial charge on any atom is -0.478 e. The van der Waals surface area contributed by atoms with Gasteiger partial charge in [-0.15, -0.1) is 0 Å². The van der Waals surface area contributed by atoms with Crippen LogP contribution in [-0.2, 0) is 0 Å². The molecule has 0 amide bonds. The van der Waals surface area contributed by atoms with E-state index in [0.717, 1.165) is 56.6 Å². The van der Waals surface area contributed by atoms with Crippen LogP contribution in [-0.4, -0.2) is 54.2 Å². The Hall–Kier alpha value is -2.64. The van der Waals surface area contributed by atoms with Crippen molar-refractivity contribution in [2.24, 2.45) is 0 Å². The van der Waals surface area contributed by atoms with Crippen molar-refractivity contribution in [3.05, 3.63) is 63.7 Å². The smallest absolute Gasteiger partial charge is 0.249 e. The standard InChI is InChI=1S/C22H24ClFN4O2/c23-18-15-17(24)5-6-19(18)28-12-10-27(11-13-28)9-1-2-14-30-21-8-4-16-3-7-20(29)25-22(16)26-21/h3-8,15H,1-2,9-14H2,(H,25,26,29). The fourth-order valence-corrected chi connectivity index (χ4v) is 3.94. The summed E-state index contributed by atoms with van der Waals surface area (Å²) in [6.07, 6.45) is 1.96. The Kier molecular flexibility index (Phi) is 6.50. The molecule has 0 atom stereocenters. The highest BCUT2D eigenvalue weighted by Gasteiger charge is 2.18. The van der Waals surface area contributed by atoms with E-state index < -0.39 is 0 Å². The Morgan fingerprint density at radius 1 is 1.07 bits per heavy atom. The lowest BCUT2D eigenvalue weighted by molar-refractivity contribution is 0.237. The predicted molar refractivity (Wildman–Crippen MR) is 117 cm³/mol. The molecule has 8 heteroatoms. The molecule has 0 saturated carbocycles. The number of H-pyrrole nitrogens is 1. The maximum absolute atomic E-state index is 13.2. The van der Waals surface area contributed by atoms with Gasteiger partial charge in [0.05, 0.1) is 17.3 Å². The number of nitrogens with one attached hydrogen (secondary N) is 1. The summed E-state index contributed by atoms with van der Waals surface area (Å²) in [5, 5.41) is 1.34. The van der Waals surface area contributed by atoms with Crippen LogP contribution in [0, 0.1) is 5.82 Å². The summed E-state index contributed by atoms with van der Waals surface area (Å²) in [6.45, 7) is 5.25. The fraction of sp³-hybridized carbons (Fsp3) is 0.364. The van der Waals surface area contributed by atoms with Gasteiger partial charge in [-0.05, 0) is 49.7 Å². The minimum absolute atomic E-state index is 0.172. The van der Waals surface area contributed by atoms with Crippen molar-refractivity contribution < 1.29 is 9.13 Å².